The summed E-state index contributed by atoms with van der Waals surface area (Å²) in [6, 6.07) is 0. The average molecular weight is 628 g/mol. The van der Waals surface area contributed by atoms with Gasteiger partial charge in [-0.15, -0.1) is 0 Å². The highest BCUT2D eigenvalue weighted by molar-refractivity contribution is 7.60. The maximum absolute atomic E-state index is 9.63. The summed E-state index contributed by atoms with van der Waals surface area (Å²) in [6.07, 6.45) is 13.3. The maximum atomic E-state index is 9.63. The summed E-state index contributed by atoms with van der Waals surface area (Å²) < 4.78 is 44.4. The fourth-order valence-corrected chi connectivity index (χ4v) is 10.2. The van der Waals surface area contributed by atoms with E-state index in [0.29, 0.717) is 16.2 Å². The highest BCUT2D eigenvalue weighted by Gasteiger charge is 2.62. The van der Waals surface area contributed by atoms with Gasteiger partial charge in [0.15, 0.2) is 0 Å². The highest BCUT2D eigenvalue weighted by atomic mass is 31.3. The van der Waals surface area contributed by atoms with Gasteiger partial charge in [0.25, 0.3) is 0 Å². The molecule has 18 heteroatoms. The van der Waals surface area contributed by atoms with Gasteiger partial charge in [-0.3, -0.25) is 0 Å². The van der Waals surface area contributed by atoms with Crippen LogP contribution in [0.1, 0.15) is 78.6 Å². The van der Waals surface area contributed by atoms with Gasteiger partial charge in [0.1, 0.15) is 0 Å². The molecule has 0 amide bonds. The highest BCUT2D eigenvalue weighted by Crippen LogP contribution is 2.72. The monoisotopic (exact) mass is 628 g/mol. The molecule has 1 spiro atoms. The predicted molar refractivity (Wildman–Crippen MR) is 136 cm³/mol. The number of allylic oxidation sites excluding steroid dienone is 1. The van der Waals surface area contributed by atoms with Gasteiger partial charge in [0.2, 0.25) is 0 Å². The average Bonchev–Trinajstić information content (AvgIpc) is 2.84. The predicted octanol–water partition coefficient (Wildman–Crippen LogP) is 4.35. The van der Waals surface area contributed by atoms with E-state index in [1.54, 1.807) is 5.57 Å². The molecule has 14 nitrogen and oxygen atoms in total. The zero-order valence-corrected chi connectivity index (χ0v) is 25.2. The molecular weight excluding hydrogens is 588 g/mol. The van der Waals surface area contributed by atoms with Crippen LogP contribution in [0.3, 0.4) is 0 Å². The Kier molecular flexibility index (Phi) is 10.4. The third-order valence-corrected chi connectivity index (χ3v) is 12.2. The minimum absolute atomic E-state index is 0.584. The van der Waals surface area contributed by atoms with E-state index >= 15 is 0 Å². The van der Waals surface area contributed by atoms with Gasteiger partial charge in [-0.05, 0) is 85.4 Å². The second-order valence-corrected chi connectivity index (χ2v) is 17.0. The first-order valence-corrected chi connectivity index (χ1v) is 18.2. The molecule has 4 rings (SSSR count). The maximum Gasteiger partial charge on any atom is 0.478 e. The molecule has 4 aliphatic carbocycles. The van der Waals surface area contributed by atoms with Crippen LogP contribution >= 0.6 is 31.3 Å². The van der Waals surface area contributed by atoms with Crippen LogP contribution in [0.2, 0.25) is 0 Å². The van der Waals surface area contributed by atoms with E-state index in [0.717, 1.165) is 17.8 Å². The third-order valence-electron chi connectivity index (χ3n) is 8.78. The standard InChI is InChI=1S/C20H32.2H4O7P2/c1-14-12-20-11-8-16-18(2,3)9-5-10-19(16,4)17(20)7-6-15(14)13-20;2*1-8(2,3)7-9(4,5)6/h15-17H,1,5-13H2,2-4H3;2*(H2,1,2,3)(H2,4,5,6)/t15-,16-,17+,19-,20-;;/m1../s1. The van der Waals surface area contributed by atoms with Crippen molar-refractivity contribution in [2.75, 3.05) is 0 Å². The molecule has 0 radical (unpaired) electrons. The summed E-state index contributed by atoms with van der Waals surface area (Å²) in [5.74, 6) is 2.87. The van der Waals surface area contributed by atoms with Crippen molar-refractivity contribution in [1.29, 1.82) is 0 Å². The van der Waals surface area contributed by atoms with E-state index in [1.165, 1.54) is 57.8 Å². The summed E-state index contributed by atoms with van der Waals surface area (Å²) in [5, 5.41) is 0. The quantitative estimate of drug-likeness (QED) is 0.159. The van der Waals surface area contributed by atoms with E-state index in [-0.39, 0.29) is 0 Å². The van der Waals surface area contributed by atoms with Crippen molar-refractivity contribution < 1.29 is 66.0 Å². The fraction of sp³-hybridized carbons (Fsp3) is 0.900. The lowest BCUT2D eigenvalue weighted by atomic mass is 9.41. The number of fused-ring (bicyclic) bond motifs is 3. The van der Waals surface area contributed by atoms with Crippen LogP contribution in [0.5, 0.6) is 0 Å². The van der Waals surface area contributed by atoms with Gasteiger partial charge in [0.05, 0.1) is 0 Å². The molecule has 4 aliphatic rings. The molecule has 224 valence electrons. The summed E-state index contributed by atoms with van der Waals surface area (Å²) in [6.45, 7) is 12.2. The minimum atomic E-state index is -5.05. The molecule has 8 N–H and O–H groups in total. The van der Waals surface area contributed by atoms with E-state index < -0.39 is 31.3 Å². The lowest BCUT2D eigenvalue weighted by Gasteiger charge is -2.64. The first-order valence-electron chi connectivity index (χ1n) is 12.1. The van der Waals surface area contributed by atoms with Crippen molar-refractivity contribution in [2.45, 2.75) is 78.6 Å². The van der Waals surface area contributed by atoms with Crippen LogP contribution in [-0.2, 0) is 26.9 Å². The van der Waals surface area contributed by atoms with Gasteiger partial charge < -0.3 is 39.1 Å². The van der Waals surface area contributed by atoms with Crippen molar-refractivity contribution in [1.82, 2.24) is 0 Å². The molecule has 0 aromatic heterocycles. The Morgan fingerprint density at radius 1 is 0.711 bits per heavy atom. The number of phosphoric acid groups is 4. The first kappa shape index (κ1) is 34.5. The summed E-state index contributed by atoms with van der Waals surface area (Å²) in [5.41, 5.74) is 3.51. The van der Waals surface area contributed by atoms with Crippen molar-refractivity contribution in [2.24, 2.45) is 34.0 Å². The zero-order chi connectivity index (χ0) is 29.6. The van der Waals surface area contributed by atoms with Gasteiger partial charge in [-0.2, -0.15) is 8.62 Å². The molecular formula is C20H40O14P4. The Labute approximate surface area is 222 Å². The van der Waals surface area contributed by atoms with Crippen molar-refractivity contribution in [3.05, 3.63) is 12.2 Å². The molecule has 0 saturated heterocycles. The molecule has 0 aromatic rings. The molecule has 2 bridgehead atoms. The fourth-order valence-electron chi connectivity index (χ4n) is 7.96. The summed E-state index contributed by atoms with van der Waals surface area (Å²) in [4.78, 5) is 62.0. The largest absolute Gasteiger partial charge is 0.478 e. The molecule has 38 heavy (non-hydrogen) atoms. The molecule has 5 atom stereocenters. The minimum Gasteiger partial charge on any atom is -0.302 e. The first-order chi connectivity index (χ1) is 16.8. The van der Waals surface area contributed by atoms with Crippen molar-refractivity contribution in [3.63, 3.8) is 0 Å². The Bertz CT molecular complexity index is 988. The zero-order valence-electron chi connectivity index (χ0n) is 21.6. The normalized spacial score (nSPS) is 34.6. The van der Waals surface area contributed by atoms with Crippen LogP contribution in [0.25, 0.3) is 0 Å². The Morgan fingerprint density at radius 3 is 1.61 bits per heavy atom. The van der Waals surface area contributed by atoms with Gasteiger partial charge in [-0.1, -0.05) is 39.3 Å². The SMILES string of the molecule is C=C1C[C@@]23CC[C@@H]4C(C)(C)CCC[C@@]4(C)[C@@H]2CC[C@@H]1C3.O=P(O)(O)OP(=O)(O)O.O=P(O)(O)OP(=O)(O)O. The van der Waals surface area contributed by atoms with Crippen LogP contribution in [0, 0.1) is 34.0 Å². The van der Waals surface area contributed by atoms with Crippen molar-refractivity contribution >= 4 is 31.3 Å². The smallest absolute Gasteiger partial charge is 0.302 e. The Balaban J connectivity index is 0.000000238. The lowest BCUT2D eigenvalue weighted by Crippen LogP contribution is -2.55. The number of hydrogen-bond donors (Lipinski definition) is 8. The van der Waals surface area contributed by atoms with E-state index in [9.17, 15) is 18.3 Å². The van der Waals surface area contributed by atoms with Gasteiger partial charge >= 0.3 is 31.3 Å². The molecule has 0 unspecified atom stereocenters. The van der Waals surface area contributed by atoms with E-state index in [1.807, 2.05) is 0 Å². The topological polar surface area (TPSA) is 249 Å². The van der Waals surface area contributed by atoms with Gasteiger partial charge in [-0.25, -0.2) is 18.3 Å². The van der Waals surface area contributed by atoms with E-state index in [4.69, 9.17) is 39.1 Å². The third kappa shape index (κ3) is 9.40. The molecule has 4 fully saturated rings. The van der Waals surface area contributed by atoms with Crippen LogP contribution in [0.15, 0.2) is 12.2 Å². The second kappa shape index (κ2) is 11.5. The van der Waals surface area contributed by atoms with Gasteiger partial charge in [0, 0.05) is 0 Å². The van der Waals surface area contributed by atoms with Crippen LogP contribution < -0.4 is 0 Å². The van der Waals surface area contributed by atoms with Crippen molar-refractivity contribution in [3.8, 4) is 0 Å². The molecule has 0 aromatic carbocycles. The Hall–Kier alpha value is 0.260. The Morgan fingerprint density at radius 2 is 1.18 bits per heavy atom. The molecule has 4 saturated carbocycles. The van der Waals surface area contributed by atoms with E-state index in [2.05, 4.69) is 36.0 Å². The molecule has 0 aliphatic heterocycles. The lowest BCUT2D eigenvalue weighted by molar-refractivity contribution is -0.144. The summed E-state index contributed by atoms with van der Waals surface area (Å²) in [7, 11) is -20.2. The van der Waals surface area contributed by atoms with Crippen LogP contribution in [0.4, 0.5) is 0 Å². The second-order valence-electron chi connectivity index (χ2n) is 11.8. The molecule has 0 heterocycles. The summed E-state index contributed by atoms with van der Waals surface area (Å²) >= 11 is 0. The number of hydrogen-bond acceptors (Lipinski definition) is 6. The van der Waals surface area contributed by atoms with Crippen LogP contribution in [-0.4, -0.2) is 39.1 Å². The number of rotatable bonds is 4.